The van der Waals surface area contributed by atoms with Gasteiger partial charge in [-0.25, -0.2) is 0 Å². The Morgan fingerprint density at radius 3 is 2.47 bits per heavy atom. The summed E-state index contributed by atoms with van der Waals surface area (Å²) in [6, 6.07) is 8.58. The molecule has 0 amide bonds. The van der Waals surface area contributed by atoms with Crippen molar-refractivity contribution in [1.29, 1.82) is 0 Å². The van der Waals surface area contributed by atoms with Crippen LogP contribution < -0.4 is 5.32 Å². The number of rotatable bonds is 3. The topological polar surface area (TPSA) is 32.3 Å². The Bertz CT molecular complexity index is 312. The van der Waals surface area contributed by atoms with Crippen LogP contribution in [0.5, 0.6) is 0 Å². The van der Waals surface area contributed by atoms with Crippen molar-refractivity contribution < 1.29 is 5.11 Å². The average molecular weight is 205 g/mol. The molecule has 1 saturated heterocycles. The fraction of sp³-hybridized carbons (Fsp3) is 0.538. The monoisotopic (exact) mass is 205 g/mol. The van der Waals surface area contributed by atoms with Crippen LogP contribution in [0.2, 0.25) is 0 Å². The lowest BCUT2D eigenvalue weighted by Crippen LogP contribution is -2.33. The van der Waals surface area contributed by atoms with Crippen molar-refractivity contribution in [2.24, 2.45) is 0 Å². The van der Waals surface area contributed by atoms with Crippen molar-refractivity contribution in [3.63, 3.8) is 0 Å². The van der Waals surface area contributed by atoms with E-state index in [2.05, 4.69) is 36.5 Å². The van der Waals surface area contributed by atoms with Crippen molar-refractivity contribution in [3.8, 4) is 0 Å². The number of nitrogens with one attached hydrogen (secondary N) is 1. The minimum absolute atomic E-state index is 0.520. The van der Waals surface area contributed by atoms with Gasteiger partial charge in [0.25, 0.3) is 0 Å². The first-order valence-electron chi connectivity index (χ1n) is 5.73. The summed E-state index contributed by atoms with van der Waals surface area (Å²) in [5.41, 5.74) is 2.07. The van der Waals surface area contributed by atoms with E-state index in [9.17, 15) is 5.11 Å². The number of aryl methyl sites for hydroxylation is 1. The standard InChI is InChI=1S/C13H19NO/c1-2-11-3-5-12(6-4-11)9-13(15)7-8-14-10-13/h3-6,14-15H,2,7-10H2,1H3. The van der Waals surface area contributed by atoms with E-state index < -0.39 is 5.60 Å². The van der Waals surface area contributed by atoms with Gasteiger partial charge >= 0.3 is 0 Å². The maximum atomic E-state index is 10.2. The summed E-state index contributed by atoms with van der Waals surface area (Å²) >= 11 is 0. The molecule has 0 radical (unpaired) electrons. The summed E-state index contributed by atoms with van der Waals surface area (Å²) in [4.78, 5) is 0. The van der Waals surface area contributed by atoms with Gasteiger partial charge in [-0.3, -0.25) is 0 Å². The average Bonchev–Trinajstić information content (AvgIpc) is 2.66. The zero-order valence-electron chi connectivity index (χ0n) is 9.29. The third kappa shape index (κ3) is 2.58. The maximum Gasteiger partial charge on any atom is 0.0823 e. The van der Waals surface area contributed by atoms with Crippen LogP contribution in [0, 0.1) is 0 Å². The third-order valence-electron chi connectivity index (χ3n) is 3.19. The predicted molar refractivity (Wildman–Crippen MR) is 62.0 cm³/mol. The first-order chi connectivity index (χ1) is 7.22. The van der Waals surface area contributed by atoms with E-state index in [-0.39, 0.29) is 0 Å². The first-order valence-corrected chi connectivity index (χ1v) is 5.73. The molecule has 1 heterocycles. The number of benzene rings is 1. The third-order valence-corrected chi connectivity index (χ3v) is 3.19. The highest BCUT2D eigenvalue weighted by Gasteiger charge is 2.30. The summed E-state index contributed by atoms with van der Waals surface area (Å²) in [6.45, 7) is 3.81. The van der Waals surface area contributed by atoms with E-state index in [1.165, 1.54) is 11.1 Å². The number of aliphatic hydroxyl groups is 1. The molecule has 0 bridgehead atoms. The zero-order valence-corrected chi connectivity index (χ0v) is 9.29. The van der Waals surface area contributed by atoms with E-state index in [4.69, 9.17) is 0 Å². The van der Waals surface area contributed by atoms with Crippen molar-refractivity contribution in [3.05, 3.63) is 35.4 Å². The Balaban J connectivity index is 2.04. The van der Waals surface area contributed by atoms with Crippen LogP contribution in [-0.2, 0) is 12.8 Å². The molecule has 1 atom stereocenters. The SMILES string of the molecule is CCc1ccc(CC2(O)CCNC2)cc1. The number of β-amino-alcohol motifs (C(OH)–C–C–N with tert-alkyl or cyclic N) is 1. The lowest BCUT2D eigenvalue weighted by molar-refractivity contribution is 0.0619. The molecule has 2 N–H and O–H groups in total. The molecule has 15 heavy (non-hydrogen) atoms. The molecule has 0 spiro atoms. The van der Waals surface area contributed by atoms with Gasteiger partial charge in [0.1, 0.15) is 0 Å². The Kier molecular flexibility index (Phi) is 3.08. The zero-order chi connectivity index (χ0) is 10.7. The fourth-order valence-corrected chi connectivity index (χ4v) is 2.15. The largest absolute Gasteiger partial charge is 0.388 e. The van der Waals surface area contributed by atoms with Crippen molar-refractivity contribution in [2.75, 3.05) is 13.1 Å². The maximum absolute atomic E-state index is 10.2. The van der Waals surface area contributed by atoms with Gasteiger partial charge in [-0.15, -0.1) is 0 Å². The second kappa shape index (κ2) is 4.33. The first kappa shape index (κ1) is 10.7. The highest BCUT2D eigenvalue weighted by Crippen LogP contribution is 2.20. The van der Waals surface area contributed by atoms with Gasteiger partial charge in [0.2, 0.25) is 0 Å². The summed E-state index contributed by atoms with van der Waals surface area (Å²) in [5.74, 6) is 0. The second-order valence-corrected chi connectivity index (χ2v) is 4.50. The van der Waals surface area contributed by atoms with Gasteiger partial charge in [0.05, 0.1) is 5.60 Å². The molecule has 2 rings (SSSR count). The fourth-order valence-electron chi connectivity index (χ4n) is 2.15. The lowest BCUT2D eigenvalue weighted by atomic mass is 9.93. The molecule has 1 aromatic rings. The molecule has 1 aromatic carbocycles. The van der Waals surface area contributed by atoms with Crippen LogP contribution in [0.15, 0.2) is 24.3 Å². The Labute approximate surface area is 91.3 Å². The van der Waals surface area contributed by atoms with Gasteiger partial charge < -0.3 is 10.4 Å². The molecule has 1 unspecified atom stereocenters. The highest BCUT2D eigenvalue weighted by atomic mass is 16.3. The van der Waals surface area contributed by atoms with Crippen molar-refractivity contribution in [1.82, 2.24) is 5.32 Å². The molecule has 0 saturated carbocycles. The van der Waals surface area contributed by atoms with Crippen LogP contribution in [0.3, 0.4) is 0 Å². The van der Waals surface area contributed by atoms with Crippen LogP contribution in [0.25, 0.3) is 0 Å². The Morgan fingerprint density at radius 1 is 1.27 bits per heavy atom. The minimum atomic E-state index is -0.520. The van der Waals surface area contributed by atoms with E-state index in [0.29, 0.717) is 0 Å². The smallest absolute Gasteiger partial charge is 0.0823 e. The molecule has 1 aliphatic heterocycles. The normalized spacial score (nSPS) is 25.7. The van der Waals surface area contributed by atoms with Gasteiger partial charge in [0.15, 0.2) is 0 Å². The highest BCUT2D eigenvalue weighted by molar-refractivity contribution is 5.24. The Morgan fingerprint density at radius 2 is 1.93 bits per heavy atom. The molecular formula is C13H19NO. The van der Waals surface area contributed by atoms with Crippen molar-refractivity contribution in [2.45, 2.75) is 31.8 Å². The summed E-state index contributed by atoms with van der Waals surface area (Å²) in [5, 5.41) is 13.4. The Hall–Kier alpha value is -0.860. The van der Waals surface area contributed by atoms with Crippen LogP contribution in [-0.4, -0.2) is 23.8 Å². The summed E-state index contributed by atoms with van der Waals surface area (Å²) < 4.78 is 0. The van der Waals surface area contributed by atoms with E-state index in [1.54, 1.807) is 0 Å². The summed E-state index contributed by atoms with van der Waals surface area (Å²) in [7, 11) is 0. The van der Waals surface area contributed by atoms with Crippen LogP contribution >= 0.6 is 0 Å². The van der Waals surface area contributed by atoms with Gasteiger partial charge in [-0.2, -0.15) is 0 Å². The quantitative estimate of drug-likeness (QED) is 0.784. The minimum Gasteiger partial charge on any atom is -0.388 e. The van der Waals surface area contributed by atoms with Gasteiger partial charge in [0, 0.05) is 13.0 Å². The molecule has 2 heteroatoms. The molecule has 1 fully saturated rings. The van der Waals surface area contributed by atoms with E-state index in [1.807, 2.05) is 0 Å². The van der Waals surface area contributed by atoms with Gasteiger partial charge in [-0.05, 0) is 30.5 Å². The molecule has 2 nitrogen and oxygen atoms in total. The molecular weight excluding hydrogens is 186 g/mol. The van der Waals surface area contributed by atoms with Gasteiger partial charge in [-0.1, -0.05) is 31.2 Å². The van der Waals surface area contributed by atoms with Crippen LogP contribution in [0.1, 0.15) is 24.5 Å². The predicted octanol–water partition coefficient (Wildman–Crippen LogP) is 1.52. The number of hydrogen-bond acceptors (Lipinski definition) is 2. The molecule has 0 aromatic heterocycles. The van der Waals surface area contributed by atoms with E-state index >= 15 is 0 Å². The lowest BCUT2D eigenvalue weighted by Gasteiger charge is -2.21. The van der Waals surface area contributed by atoms with E-state index in [0.717, 1.165) is 32.4 Å². The number of hydrogen-bond donors (Lipinski definition) is 2. The van der Waals surface area contributed by atoms with Crippen LogP contribution in [0.4, 0.5) is 0 Å². The molecule has 1 aliphatic rings. The van der Waals surface area contributed by atoms with Crippen molar-refractivity contribution >= 4 is 0 Å². The molecule has 0 aliphatic carbocycles. The summed E-state index contributed by atoms with van der Waals surface area (Å²) in [6.07, 6.45) is 2.71. The molecule has 82 valence electrons. The second-order valence-electron chi connectivity index (χ2n) is 4.50.